The van der Waals surface area contributed by atoms with Gasteiger partial charge in [0.15, 0.2) is 5.82 Å². The van der Waals surface area contributed by atoms with Crippen molar-refractivity contribution in [2.75, 3.05) is 10.7 Å². The van der Waals surface area contributed by atoms with E-state index in [0.717, 1.165) is 25.2 Å². The highest BCUT2D eigenvalue weighted by Gasteiger charge is 2.38. The number of halogens is 1. The number of aryl methyl sites for hydroxylation is 1. The summed E-state index contributed by atoms with van der Waals surface area (Å²) in [4.78, 5) is 28.5. The molecule has 1 aliphatic rings. The molecule has 9 nitrogen and oxygen atoms in total. The molecule has 10 heteroatoms. The molecule has 3 aromatic rings. The lowest BCUT2D eigenvalue weighted by molar-refractivity contribution is 0.0962. The highest BCUT2D eigenvalue weighted by atomic mass is 19.1. The fraction of sp³-hybridized carbons (Fsp3) is 0.312. The Labute approximate surface area is 147 Å². The van der Waals surface area contributed by atoms with Crippen LogP contribution < -0.4 is 16.2 Å². The molecule has 3 aromatic heterocycles. The molecule has 0 saturated heterocycles. The van der Waals surface area contributed by atoms with E-state index in [2.05, 4.69) is 43.0 Å². The second-order valence-corrected chi connectivity index (χ2v) is 6.43. The van der Waals surface area contributed by atoms with Gasteiger partial charge in [-0.05, 0) is 26.7 Å². The Morgan fingerprint density at radius 3 is 2.65 bits per heavy atom. The van der Waals surface area contributed by atoms with Crippen LogP contribution in [0, 0.1) is 12.7 Å². The van der Waals surface area contributed by atoms with Gasteiger partial charge in [-0.2, -0.15) is 0 Å². The molecule has 0 spiro atoms. The van der Waals surface area contributed by atoms with E-state index in [1.807, 2.05) is 0 Å². The number of carbonyl (C=O) groups excluding carboxylic acids is 1. The first-order chi connectivity index (χ1) is 12.5. The predicted octanol–water partition coefficient (Wildman–Crippen LogP) is 2.18. The first-order valence-corrected chi connectivity index (χ1v) is 8.01. The summed E-state index contributed by atoms with van der Waals surface area (Å²) >= 11 is 0. The molecule has 0 atom stereocenters. The Balaban J connectivity index is 1.63. The van der Waals surface area contributed by atoms with Crippen LogP contribution in [-0.4, -0.2) is 31.4 Å². The maximum Gasteiger partial charge on any atom is 0.274 e. The minimum absolute atomic E-state index is 0.0274. The molecule has 4 rings (SSSR count). The Morgan fingerprint density at radius 1 is 1.23 bits per heavy atom. The van der Waals surface area contributed by atoms with Crippen molar-refractivity contribution in [3.05, 3.63) is 35.9 Å². The average Bonchev–Trinajstić information content (AvgIpc) is 3.23. The van der Waals surface area contributed by atoms with Gasteiger partial charge in [-0.25, -0.2) is 24.3 Å². The lowest BCUT2D eigenvalue weighted by atomic mass is 10.1. The molecular weight excluding hydrogens is 341 g/mol. The first kappa shape index (κ1) is 16.2. The molecule has 1 saturated carbocycles. The van der Waals surface area contributed by atoms with Crippen LogP contribution in [0.3, 0.4) is 0 Å². The van der Waals surface area contributed by atoms with Crippen molar-refractivity contribution >= 4 is 28.8 Å². The van der Waals surface area contributed by atoms with Gasteiger partial charge in [-0.3, -0.25) is 15.6 Å². The van der Waals surface area contributed by atoms with E-state index < -0.39 is 11.7 Å². The Morgan fingerprint density at radius 2 is 1.96 bits per heavy atom. The van der Waals surface area contributed by atoms with E-state index in [0.29, 0.717) is 28.2 Å². The Hall–Kier alpha value is -3.30. The van der Waals surface area contributed by atoms with Gasteiger partial charge in [0.1, 0.15) is 17.9 Å². The predicted molar refractivity (Wildman–Crippen MR) is 90.9 cm³/mol. The third-order valence-electron chi connectivity index (χ3n) is 4.22. The smallest absolute Gasteiger partial charge is 0.274 e. The van der Waals surface area contributed by atoms with E-state index in [1.54, 1.807) is 6.92 Å². The molecule has 26 heavy (non-hydrogen) atoms. The second-order valence-electron chi connectivity index (χ2n) is 6.43. The molecular formula is C16H16FN7O2. The van der Waals surface area contributed by atoms with Crippen LogP contribution in [0.1, 0.15) is 35.9 Å². The zero-order valence-electron chi connectivity index (χ0n) is 14.1. The number of nitrogens with zero attached hydrogens (tertiary/aromatic N) is 4. The molecule has 3 N–H and O–H groups in total. The van der Waals surface area contributed by atoms with Crippen LogP contribution in [0.2, 0.25) is 0 Å². The molecule has 0 unspecified atom stereocenters. The second kappa shape index (κ2) is 5.90. The van der Waals surface area contributed by atoms with Gasteiger partial charge in [0, 0.05) is 5.54 Å². The fourth-order valence-corrected chi connectivity index (χ4v) is 2.56. The Kier molecular flexibility index (Phi) is 3.67. The number of hydrogen-bond acceptors (Lipinski definition) is 8. The van der Waals surface area contributed by atoms with Crippen LogP contribution in [0.25, 0.3) is 11.1 Å². The number of rotatable bonds is 5. The fourth-order valence-electron chi connectivity index (χ4n) is 2.56. The van der Waals surface area contributed by atoms with Crippen molar-refractivity contribution in [3.8, 4) is 0 Å². The SMILES string of the molecule is Cc1oc2ncnc(NC3(C)CC3)c2c1C(=O)NNc1ncc(F)cn1. The molecule has 0 aromatic carbocycles. The standard InChI is InChI=1S/C16H16FN7O2/c1-8-10(13(25)23-24-15-18-5-9(17)6-19-15)11-12(22-16(2)3-4-16)20-7-21-14(11)26-8/h5-7H,3-4H2,1-2H3,(H,23,25)(H,18,19,24)(H,20,21,22). The van der Waals surface area contributed by atoms with E-state index in [-0.39, 0.29) is 11.5 Å². The van der Waals surface area contributed by atoms with Crippen molar-refractivity contribution in [1.29, 1.82) is 0 Å². The lowest BCUT2D eigenvalue weighted by Crippen LogP contribution is -2.30. The number of hydrazine groups is 1. The number of furan rings is 1. The summed E-state index contributed by atoms with van der Waals surface area (Å²) in [5.41, 5.74) is 5.63. The van der Waals surface area contributed by atoms with Crippen molar-refractivity contribution in [1.82, 2.24) is 25.4 Å². The number of aromatic nitrogens is 4. The molecule has 0 radical (unpaired) electrons. The van der Waals surface area contributed by atoms with Gasteiger partial charge >= 0.3 is 0 Å². The highest BCUT2D eigenvalue weighted by molar-refractivity contribution is 6.10. The van der Waals surface area contributed by atoms with Crippen molar-refractivity contribution in [2.45, 2.75) is 32.2 Å². The molecule has 1 amide bonds. The summed E-state index contributed by atoms with van der Waals surface area (Å²) in [6, 6.07) is 0. The Bertz CT molecular complexity index is 982. The summed E-state index contributed by atoms with van der Waals surface area (Å²) in [6.45, 7) is 3.76. The monoisotopic (exact) mass is 357 g/mol. The van der Waals surface area contributed by atoms with Crippen LogP contribution in [-0.2, 0) is 0 Å². The van der Waals surface area contributed by atoms with Gasteiger partial charge in [0.2, 0.25) is 11.7 Å². The number of anilines is 2. The van der Waals surface area contributed by atoms with Crippen molar-refractivity contribution in [2.24, 2.45) is 0 Å². The lowest BCUT2D eigenvalue weighted by Gasteiger charge is -2.13. The van der Waals surface area contributed by atoms with Gasteiger partial charge < -0.3 is 9.73 Å². The number of fused-ring (bicyclic) bond motifs is 1. The number of amides is 1. The van der Waals surface area contributed by atoms with E-state index in [4.69, 9.17) is 4.42 Å². The maximum absolute atomic E-state index is 12.8. The molecule has 0 bridgehead atoms. The summed E-state index contributed by atoms with van der Waals surface area (Å²) in [5.74, 6) is -0.0166. The molecule has 1 aliphatic carbocycles. The number of nitrogens with one attached hydrogen (secondary N) is 3. The maximum atomic E-state index is 12.8. The zero-order chi connectivity index (χ0) is 18.3. The van der Waals surface area contributed by atoms with Crippen molar-refractivity contribution < 1.29 is 13.6 Å². The van der Waals surface area contributed by atoms with Crippen LogP contribution in [0.5, 0.6) is 0 Å². The third-order valence-corrected chi connectivity index (χ3v) is 4.22. The van der Waals surface area contributed by atoms with E-state index in [9.17, 15) is 9.18 Å². The first-order valence-electron chi connectivity index (χ1n) is 8.01. The summed E-state index contributed by atoms with van der Waals surface area (Å²) in [6.07, 6.45) is 5.44. The van der Waals surface area contributed by atoms with Gasteiger partial charge in [-0.1, -0.05) is 0 Å². The minimum atomic E-state index is -0.569. The van der Waals surface area contributed by atoms with Gasteiger partial charge in [0.05, 0.1) is 23.3 Å². The summed E-state index contributed by atoms with van der Waals surface area (Å²) < 4.78 is 18.5. The quantitative estimate of drug-likeness (QED) is 0.595. The summed E-state index contributed by atoms with van der Waals surface area (Å²) in [7, 11) is 0. The normalized spacial score (nSPS) is 14.9. The average molecular weight is 357 g/mol. The largest absolute Gasteiger partial charge is 0.442 e. The van der Waals surface area contributed by atoms with Gasteiger partial charge in [0.25, 0.3) is 5.91 Å². The van der Waals surface area contributed by atoms with Crippen molar-refractivity contribution in [3.63, 3.8) is 0 Å². The molecule has 1 fully saturated rings. The molecule has 3 heterocycles. The third kappa shape index (κ3) is 3.01. The minimum Gasteiger partial charge on any atom is -0.442 e. The molecule has 0 aliphatic heterocycles. The number of carbonyl (C=O) groups is 1. The van der Waals surface area contributed by atoms with Crippen LogP contribution in [0.4, 0.5) is 16.2 Å². The highest BCUT2D eigenvalue weighted by Crippen LogP contribution is 2.40. The van der Waals surface area contributed by atoms with Crippen LogP contribution in [0.15, 0.2) is 23.1 Å². The van der Waals surface area contributed by atoms with E-state index >= 15 is 0 Å². The summed E-state index contributed by atoms with van der Waals surface area (Å²) in [5, 5.41) is 3.86. The number of hydrogen-bond donors (Lipinski definition) is 3. The van der Waals surface area contributed by atoms with Crippen LogP contribution >= 0.6 is 0 Å². The zero-order valence-corrected chi connectivity index (χ0v) is 14.1. The van der Waals surface area contributed by atoms with E-state index in [1.165, 1.54) is 6.33 Å². The topological polar surface area (TPSA) is 118 Å². The molecule has 134 valence electrons. The van der Waals surface area contributed by atoms with Gasteiger partial charge in [-0.15, -0.1) is 0 Å².